The van der Waals surface area contributed by atoms with Crippen molar-refractivity contribution in [3.63, 3.8) is 0 Å². The highest BCUT2D eigenvalue weighted by Gasteiger charge is 2.51. The number of nitrogens with one attached hydrogen (secondary N) is 2. The molecular weight excluding hydrogens is 395 g/mol. The molecule has 1 amide bonds. The second-order valence-corrected chi connectivity index (χ2v) is 8.98. The summed E-state index contributed by atoms with van der Waals surface area (Å²) in [6.45, 7) is 3.63. The molecule has 1 aromatic rings. The lowest BCUT2D eigenvalue weighted by Gasteiger charge is -2.40. The Morgan fingerprint density at radius 3 is 2.60 bits per heavy atom. The second kappa shape index (κ2) is 8.04. The number of anilines is 1. The summed E-state index contributed by atoms with van der Waals surface area (Å²) in [4.78, 5) is 15.6. The van der Waals surface area contributed by atoms with E-state index < -0.39 is 17.2 Å². The maximum Gasteiger partial charge on any atom is 0.416 e. The summed E-state index contributed by atoms with van der Waals surface area (Å²) in [7, 11) is 2.15. The zero-order valence-electron chi connectivity index (χ0n) is 17.5. The van der Waals surface area contributed by atoms with Crippen LogP contribution in [0.4, 0.5) is 18.9 Å². The first kappa shape index (κ1) is 21.4. The molecule has 8 heteroatoms. The highest BCUT2D eigenvalue weighted by molar-refractivity contribution is 5.85. The minimum Gasteiger partial charge on any atom is -0.381 e. The predicted molar refractivity (Wildman–Crippen MR) is 108 cm³/mol. The van der Waals surface area contributed by atoms with E-state index in [1.165, 1.54) is 6.07 Å². The fraction of sp³-hybridized carbons (Fsp3) is 0.682. The Hall–Kier alpha value is -1.80. The Bertz CT molecular complexity index is 794. The van der Waals surface area contributed by atoms with Gasteiger partial charge >= 0.3 is 6.18 Å². The van der Waals surface area contributed by atoms with Crippen molar-refractivity contribution in [2.24, 2.45) is 5.41 Å². The summed E-state index contributed by atoms with van der Waals surface area (Å²) < 4.78 is 44.7. The number of halogens is 3. The highest BCUT2D eigenvalue weighted by atomic mass is 19.4. The third kappa shape index (κ3) is 3.91. The zero-order chi connectivity index (χ0) is 21.5. The van der Waals surface area contributed by atoms with E-state index in [2.05, 4.69) is 22.6 Å². The van der Waals surface area contributed by atoms with E-state index in [0.29, 0.717) is 23.3 Å². The number of carbonyl (C=O) groups is 1. The van der Waals surface area contributed by atoms with Crippen LogP contribution in [0.15, 0.2) is 18.2 Å². The van der Waals surface area contributed by atoms with Gasteiger partial charge in [-0.3, -0.25) is 4.79 Å². The first-order valence-corrected chi connectivity index (χ1v) is 10.8. The maximum atomic E-state index is 13.2. The van der Waals surface area contributed by atoms with Crippen LogP contribution in [0.5, 0.6) is 0 Å². The first-order chi connectivity index (χ1) is 14.2. The zero-order valence-corrected chi connectivity index (χ0v) is 17.5. The standard InChI is InChI=1S/C22H30F3N3O2/c1-14-21(8-5-18(12-21)28(2)17-6-9-30-10-7-17)20(29)26-13-15-11-16(22(23,24)25)3-4-19(15)27-14/h3-4,11,14,17-18,27H,5-10,12-13H2,1-2H3,(H,26,29)/t14?,18-,21+/m1/s1. The summed E-state index contributed by atoms with van der Waals surface area (Å²) >= 11 is 0. The Balaban J connectivity index is 1.54. The van der Waals surface area contributed by atoms with Gasteiger partial charge in [-0.2, -0.15) is 13.2 Å². The van der Waals surface area contributed by atoms with Gasteiger partial charge in [0, 0.05) is 43.6 Å². The van der Waals surface area contributed by atoms with Crippen LogP contribution >= 0.6 is 0 Å². The summed E-state index contributed by atoms with van der Waals surface area (Å²) in [5.74, 6) is -0.0616. The molecule has 2 fully saturated rings. The molecular formula is C22H30F3N3O2. The van der Waals surface area contributed by atoms with Crippen LogP contribution in [-0.4, -0.2) is 49.2 Å². The lowest BCUT2D eigenvalue weighted by molar-refractivity contribution is -0.137. The third-order valence-corrected chi connectivity index (χ3v) is 7.39. The van der Waals surface area contributed by atoms with Gasteiger partial charge in [0.2, 0.25) is 5.91 Å². The largest absolute Gasteiger partial charge is 0.416 e. The molecule has 2 aliphatic heterocycles. The summed E-state index contributed by atoms with van der Waals surface area (Å²) in [5.41, 5.74) is -0.131. The average Bonchev–Trinajstić information content (AvgIpc) is 3.18. The van der Waals surface area contributed by atoms with Crippen molar-refractivity contribution < 1.29 is 22.7 Å². The molecule has 2 N–H and O–H groups in total. The number of hydrogen-bond donors (Lipinski definition) is 2. The fourth-order valence-corrected chi connectivity index (χ4v) is 5.36. The monoisotopic (exact) mass is 425 g/mol. The number of ether oxygens (including phenoxy) is 1. The third-order valence-electron chi connectivity index (χ3n) is 7.39. The number of fused-ring (bicyclic) bond motifs is 1. The number of rotatable bonds is 2. The maximum absolute atomic E-state index is 13.2. The Labute approximate surface area is 175 Å². The normalized spacial score (nSPS) is 30.5. The van der Waals surface area contributed by atoms with Gasteiger partial charge < -0.3 is 20.3 Å². The highest BCUT2D eigenvalue weighted by Crippen LogP contribution is 2.46. The topological polar surface area (TPSA) is 53.6 Å². The number of amides is 1. The molecule has 3 aliphatic rings. The quantitative estimate of drug-likeness (QED) is 0.757. The van der Waals surface area contributed by atoms with Crippen LogP contribution < -0.4 is 10.6 Å². The molecule has 0 aromatic heterocycles. The average molecular weight is 425 g/mol. The van der Waals surface area contributed by atoms with Crippen molar-refractivity contribution in [2.75, 3.05) is 25.6 Å². The first-order valence-electron chi connectivity index (χ1n) is 10.8. The number of benzene rings is 1. The molecule has 3 atom stereocenters. The Morgan fingerprint density at radius 2 is 1.90 bits per heavy atom. The molecule has 1 aliphatic carbocycles. The molecule has 0 radical (unpaired) electrons. The molecule has 1 spiro atoms. The van der Waals surface area contributed by atoms with Crippen molar-refractivity contribution in [3.8, 4) is 0 Å². The predicted octanol–water partition coefficient (Wildman–Crippen LogP) is 3.79. The van der Waals surface area contributed by atoms with Crippen LogP contribution in [0.2, 0.25) is 0 Å². The number of nitrogens with zero attached hydrogens (tertiary/aromatic N) is 1. The number of alkyl halides is 3. The van der Waals surface area contributed by atoms with Gasteiger partial charge in [0.25, 0.3) is 0 Å². The van der Waals surface area contributed by atoms with Crippen molar-refractivity contribution in [2.45, 2.75) is 69.9 Å². The van der Waals surface area contributed by atoms with Gasteiger partial charge in [0.1, 0.15) is 0 Å². The van der Waals surface area contributed by atoms with E-state index in [4.69, 9.17) is 4.74 Å². The van der Waals surface area contributed by atoms with Crippen LogP contribution in [0, 0.1) is 5.41 Å². The van der Waals surface area contributed by atoms with Gasteiger partial charge in [0.15, 0.2) is 0 Å². The van der Waals surface area contributed by atoms with Gasteiger partial charge in [-0.25, -0.2) is 0 Å². The smallest absolute Gasteiger partial charge is 0.381 e. The van der Waals surface area contributed by atoms with E-state index in [-0.39, 0.29) is 18.5 Å². The fourth-order valence-electron chi connectivity index (χ4n) is 5.36. The van der Waals surface area contributed by atoms with Crippen molar-refractivity contribution in [1.82, 2.24) is 10.2 Å². The summed E-state index contributed by atoms with van der Waals surface area (Å²) in [6.07, 6.45) is 0.0661. The van der Waals surface area contributed by atoms with Gasteiger partial charge in [-0.1, -0.05) is 0 Å². The molecule has 1 aromatic carbocycles. The molecule has 30 heavy (non-hydrogen) atoms. The van der Waals surface area contributed by atoms with E-state index in [1.807, 2.05) is 6.92 Å². The molecule has 1 saturated heterocycles. The van der Waals surface area contributed by atoms with Crippen LogP contribution in [0.25, 0.3) is 0 Å². The summed E-state index contributed by atoms with van der Waals surface area (Å²) in [5, 5.41) is 6.31. The number of carbonyl (C=O) groups excluding carboxylic acids is 1. The van der Waals surface area contributed by atoms with Crippen LogP contribution in [-0.2, 0) is 22.3 Å². The second-order valence-electron chi connectivity index (χ2n) is 8.98. The van der Waals surface area contributed by atoms with E-state index in [1.54, 1.807) is 0 Å². The molecule has 4 rings (SSSR count). The van der Waals surface area contributed by atoms with Crippen molar-refractivity contribution >= 4 is 11.6 Å². The molecule has 0 bridgehead atoms. The van der Waals surface area contributed by atoms with Crippen LogP contribution in [0.3, 0.4) is 0 Å². The summed E-state index contributed by atoms with van der Waals surface area (Å²) in [6, 6.07) is 4.33. The lowest BCUT2D eigenvalue weighted by atomic mass is 9.77. The Kier molecular flexibility index (Phi) is 5.74. The minimum absolute atomic E-state index is 0.0616. The van der Waals surface area contributed by atoms with Gasteiger partial charge in [-0.05, 0) is 69.8 Å². The molecule has 5 nitrogen and oxygen atoms in total. The molecule has 166 valence electrons. The van der Waals surface area contributed by atoms with E-state index in [9.17, 15) is 18.0 Å². The van der Waals surface area contributed by atoms with Gasteiger partial charge in [-0.15, -0.1) is 0 Å². The SMILES string of the molecule is CC1Nc2ccc(C(F)(F)F)cc2CNC(=O)[C@]12CC[C@@H](N(C)C1CCOCC1)C2. The molecule has 1 saturated carbocycles. The van der Waals surface area contributed by atoms with Crippen molar-refractivity contribution in [1.29, 1.82) is 0 Å². The Morgan fingerprint density at radius 1 is 1.17 bits per heavy atom. The molecule has 1 unspecified atom stereocenters. The van der Waals surface area contributed by atoms with Crippen molar-refractivity contribution in [3.05, 3.63) is 29.3 Å². The minimum atomic E-state index is -4.40. The lowest BCUT2D eigenvalue weighted by Crippen LogP contribution is -2.51. The van der Waals surface area contributed by atoms with E-state index >= 15 is 0 Å². The van der Waals surface area contributed by atoms with Gasteiger partial charge in [0.05, 0.1) is 11.0 Å². The van der Waals surface area contributed by atoms with Crippen LogP contribution in [0.1, 0.15) is 50.2 Å². The number of hydrogen-bond acceptors (Lipinski definition) is 4. The van der Waals surface area contributed by atoms with E-state index in [0.717, 1.165) is 57.5 Å². The molecule has 2 heterocycles.